The third kappa shape index (κ3) is 40.8. The van der Waals surface area contributed by atoms with Gasteiger partial charge in [-0.3, -0.25) is 0 Å². The molecule has 0 aliphatic rings. The number of amides is 1. The standard InChI is InChI=1S/C4H13N3.CH3NOSe/c5-3-1-2-4(6)7;2-1(3)4/h4H,1-3,5-7H2;(H3,2,3,4). The van der Waals surface area contributed by atoms with Gasteiger partial charge in [0, 0.05) is 0 Å². The maximum absolute atomic E-state index is 9.17. The van der Waals surface area contributed by atoms with E-state index >= 15 is 0 Å². The molecule has 0 saturated carbocycles. The predicted octanol–water partition coefficient (Wildman–Crippen LogP) is -2.51. The van der Waals surface area contributed by atoms with Gasteiger partial charge >= 0.3 is 31.3 Å². The van der Waals surface area contributed by atoms with Crippen molar-refractivity contribution in [2.45, 2.75) is 19.0 Å². The van der Waals surface area contributed by atoms with Crippen LogP contribution in [-0.4, -0.2) is 33.5 Å². The van der Waals surface area contributed by atoms with Gasteiger partial charge in [-0.25, -0.2) is 0 Å². The predicted molar refractivity (Wildman–Crippen MR) is 44.5 cm³/mol. The Kier molecular flexibility index (Phi) is 12.1. The minimum absolute atomic E-state index is 0.137. The van der Waals surface area contributed by atoms with Crippen molar-refractivity contribution >= 4 is 20.8 Å². The summed E-state index contributed by atoms with van der Waals surface area (Å²) in [5.41, 5.74) is 18.5. The van der Waals surface area contributed by atoms with E-state index in [1.165, 1.54) is 0 Å². The summed E-state index contributed by atoms with van der Waals surface area (Å²) < 4.78 is 0. The number of rotatable bonds is 3. The number of quaternary nitrogens is 1. The van der Waals surface area contributed by atoms with Crippen molar-refractivity contribution in [3.05, 3.63) is 0 Å². The van der Waals surface area contributed by atoms with Crippen molar-refractivity contribution in [1.29, 1.82) is 0 Å². The molecule has 0 aliphatic heterocycles. The van der Waals surface area contributed by atoms with Crippen molar-refractivity contribution in [3.63, 3.8) is 0 Å². The molecule has 6 heteroatoms. The van der Waals surface area contributed by atoms with E-state index in [1.54, 1.807) is 0 Å². The third-order valence-corrected chi connectivity index (χ3v) is 0.787. The van der Waals surface area contributed by atoms with Crippen LogP contribution in [0.1, 0.15) is 12.8 Å². The van der Waals surface area contributed by atoms with Crippen LogP contribution in [0.2, 0.25) is 0 Å². The molecule has 5 nitrogen and oxygen atoms in total. The van der Waals surface area contributed by atoms with Gasteiger partial charge in [0.2, 0.25) is 0 Å². The van der Waals surface area contributed by atoms with Crippen molar-refractivity contribution < 1.29 is 10.5 Å². The summed E-state index contributed by atoms with van der Waals surface area (Å²) in [5, 5.41) is 0. The second-order valence-corrected chi connectivity index (χ2v) is 2.82. The number of nitrogens with two attached hydrogens (primary N) is 3. The number of primary amides is 1. The maximum Gasteiger partial charge on any atom is 0.0740 e. The van der Waals surface area contributed by atoms with Gasteiger partial charge in [0.25, 0.3) is 0 Å². The molecule has 0 spiro atoms. The van der Waals surface area contributed by atoms with Gasteiger partial charge in [0.15, 0.2) is 0 Å². The fourth-order valence-electron chi connectivity index (χ4n) is 0.380. The smallest absolute Gasteiger partial charge is 0.0740 e. The molecule has 0 unspecified atom stereocenters. The van der Waals surface area contributed by atoms with E-state index in [4.69, 9.17) is 16.3 Å². The molecule has 0 saturated heterocycles. The monoisotopic (exact) mass is 228 g/mol. The first-order chi connectivity index (χ1) is 5.00. The first-order valence-corrected chi connectivity index (χ1v) is 4.13. The molecule has 68 valence electrons. The van der Waals surface area contributed by atoms with Crippen LogP contribution >= 0.6 is 0 Å². The quantitative estimate of drug-likeness (QED) is 0.314. The molecule has 9 N–H and O–H groups in total. The number of carbonyl (C=O) groups excluding carboxylic acids is 1. The first-order valence-electron chi connectivity index (χ1n) is 3.27. The summed E-state index contributed by atoms with van der Waals surface area (Å²) in [4.78, 5) is 8.71. The molecule has 1 amide bonds. The molecule has 0 aromatic carbocycles. The Morgan fingerprint density at radius 2 is 1.91 bits per heavy atom. The number of hydrogen-bond donors (Lipinski definition) is 4. The number of hydrogen-bond acceptors (Lipinski definition) is 3. The molecule has 0 heterocycles. The zero-order chi connectivity index (χ0) is 9.28. The van der Waals surface area contributed by atoms with E-state index < -0.39 is 4.81 Å². The molecule has 0 radical (unpaired) electrons. The van der Waals surface area contributed by atoms with Gasteiger partial charge in [0.1, 0.15) is 0 Å². The van der Waals surface area contributed by atoms with Gasteiger partial charge in [-0.05, 0) is 12.8 Å². The van der Waals surface area contributed by atoms with Gasteiger partial charge in [0.05, 0.1) is 12.7 Å². The fraction of sp³-hybridized carbons (Fsp3) is 0.800. The summed E-state index contributed by atoms with van der Waals surface area (Å²) in [6.45, 7) is 0.935. The van der Waals surface area contributed by atoms with Crippen LogP contribution in [0.15, 0.2) is 0 Å². The van der Waals surface area contributed by atoms with Crippen molar-refractivity contribution in [1.82, 2.24) is 0 Å². The van der Waals surface area contributed by atoms with E-state index in [2.05, 4.69) is 11.5 Å². The third-order valence-electron chi connectivity index (χ3n) is 0.787. The normalized spacial score (nSPS) is 8.73. The van der Waals surface area contributed by atoms with Crippen molar-refractivity contribution in [3.8, 4) is 0 Å². The topological polar surface area (TPSA) is 123 Å². The van der Waals surface area contributed by atoms with Crippen LogP contribution in [0, 0.1) is 0 Å². The summed E-state index contributed by atoms with van der Waals surface area (Å²) in [6, 6.07) is 0. The molecular weight excluding hydrogens is 211 g/mol. The molecule has 0 atom stereocenters. The van der Waals surface area contributed by atoms with Crippen LogP contribution in [0.3, 0.4) is 0 Å². The Morgan fingerprint density at radius 3 is 2.00 bits per heavy atom. The Bertz CT molecular complexity index is 94.5. The largest absolute Gasteiger partial charge is 0.358 e. The molecule has 0 aromatic heterocycles. The molecule has 11 heavy (non-hydrogen) atoms. The summed E-state index contributed by atoms with van der Waals surface area (Å²) in [5.74, 6) is 0. The van der Waals surface area contributed by atoms with E-state index in [0.29, 0.717) is 0 Å². The molecule has 0 rings (SSSR count). The first kappa shape index (κ1) is 13.5. The van der Waals surface area contributed by atoms with E-state index in [-0.39, 0.29) is 6.17 Å². The molecule has 0 bridgehead atoms. The second-order valence-electron chi connectivity index (χ2n) is 1.98. The summed E-state index contributed by atoms with van der Waals surface area (Å²) >= 11 is 2.04. The molecular formula is C5H16N4OSe. The average molecular weight is 227 g/mol. The van der Waals surface area contributed by atoms with Crippen LogP contribution in [0.5, 0.6) is 0 Å². The molecule has 0 aromatic rings. The maximum atomic E-state index is 9.17. The molecule has 0 aliphatic carbocycles. The zero-order valence-corrected chi connectivity index (χ0v) is 8.17. The molecule has 0 fully saturated rings. The van der Waals surface area contributed by atoms with E-state index in [9.17, 15) is 0 Å². The Balaban J connectivity index is 0. The fourth-order valence-corrected chi connectivity index (χ4v) is 0.380. The van der Waals surface area contributed by atoms with Gasteiger partial charge < -0.3 is 17.2 Å². The van der Waals surface area contributed by atoms with Gasteiger partial charge in [-0.1, -0.05) is 0 Å². The summed E-state index contributed by atoms with van der Waals surface area (Å²) in [6.07, 6.45) is 1.79. The van der Waals surface area contributed by atoms with Crippen molar-refractivity contribution in [2.24, 2.45) is 17.2 Å². The van der Waals surface area contributed by atoms with Crippen LogP contribution in [0.4, 0.5) is 4.79 Å². The zero-order valence-electron chi connectivity index (χ0n) is 6.45. The number of carbonyl (C=O) groups is 1. The van der Waals surface area contributed by atoms with Gasteiger partial charge in [-0.15, -0.1) is 0 Å². The SMILES string of the molecule is NC(=O)[Se-].NC(N)CCC[NH3+]. The van der Waals surface area contributed by atoms with Crippen LogP contribution in [-0.2, 0) is 0 Å². The van der Waals surface area contributed by atoms with E-state index in [0.717, 1.165) is 19.4 Å². The Labute approximate surface area is 74.7 Å². The average Bonchev–Trinajstić information content (AvgIpc) is 1.82. The minimum Gasteiger partial charge on any atom is -0.358 e. The second kappa shape index (κ2) is 9.87. The Morgan fingerprint density at radius 1 is 1.55 bits per heavy atom. The summed E-state index contributed by atoms with van der Waals surface area (Å²) in [7, 11) is 0. The van der Waals surface area contributed by atoms with Crippen LogP contribution in [0.25, 0.3) is 0 Å². The minimum atomic E-state index is -0.458. The Hall–Kier alpha value is -0.131. The van der Waals surface area contributed by atoms with E-state index in [1.807, 2.05) is 16.0 Å². The van der Waals surface area contributed by atoms with Crippen molar-refractivity contribution in [2.75, 3.05) is 6.54 Å². The van der Waals surface area contributed by atoms with Gasteiger partial charge in [-0.2, -0.15) is 0 Å². The van der Waals surface area contributed by atoms with Crippen LogP contribution < -0.4 is 22.9 Å².